The van der Waals surface area contributed by atoms with Gasteiger partial charge in [0.25, 0.3) is 0 Å². The van der Waals surface area contributed by atoms with Crippen LogP contribution in [0.25, 0.3) is 0 Å². The van der Waals surface area contributed by atoms with Gasteiger partial charge < -0.3 is 20.3 Å². The quantitative estimate of drug-likeness (QED) is 0.781. The molecule has 120 valence electrons. The molecule has 0 saturated carbocycles. The van der Waals surface area contributed by atoms with Crippen molar-refractivity contribution in [2.24, 2.45) is 0 Å². The van der Waals surface area contributed by atoms with Crippen LogP contribution in [0.15, 0.2) is 24.3 Å². The van der Waals surface area contributed by atoms with Gasteiger partial charge in [0.2, 0.25) is 5.91 Å². The van der Waals surface area contributed by atoms with Crippen LogP contribution in [0.1, 0.15) is 18.4 Å². The topological polar surface area (TPSA) is 70.7 Å². The maximum atomic E-state index is 12.1. The average Bonchev–Trinajstić information content (AvgIpc) is 2.85. The van der Waals surface area contributed by atoms with E-state index in [4.69, 9.17) is 4.74 Å². The van der Waals surface area contributed by atoms with Crippen molar-refractivity contribution in [1.82, 2.24) is 10.6 Å². The number of amides is 3. The third kappa shape index (κ3) is 4.46. The zero-order valence-electron chi connectivity index (χ0n) is 13.1. The van der Waals surface area contributed by atoms with Crippen molar-refractivity contribution in [1.29, 1.82) is 0 Å². The maximum absolute atomic E-state index is 12.1. The summed E-state index contributed by atoms with van der Waals surface area (Å²) in [5, 5.41) is 5.61. The van der Waals surface area contributed by atoms with Crippen LogP contribution in [0.5, 0.6) is 0 Å². The van der Waals surface area contributed by atoms with E-state index in [9.17, 15) is 9.59 Å². The van der Waals surface area contributed by atoms with E-state index in [1.54, 1.807) is 12.0 Å². The molecule has 2 N–H and O–H groups in total. The average molecular weight is 305 g/mol. The summed E-state index contributed by atoms with van der Waals surface area (Å²) in [6, 6.07) is 7.43. The third-order valence-corrected chi connectivity index (χ3v) is 3.62. The van der Waals surface area contributed by atoms with E-state index in [-0.39, 0.29) is 18.0 Å². The molecule has 1 aliphatic heterocycles. The number of nitrogens with one attached hydrogen (secondary N) is 2. The molecule has 22 heavy (non-hydrogen) atoms. The van der Waals surface area contributed by atoms with Crippen molar-refractivity contribution in [3.8, 4) is 0 Å². The van der Waals surface area contributed by atoms with E-state index in [0.29, 0.717) is 26.1 Å². The molecule has 3 amide bonds. The molecular formula is C16H23N3O3. The van der Waals surface area contributed by atoms with Crippen LogP contribution in [0.3, 0.4) is 0 Å². The molecule has 0 aromatic heterocycles. The van der Waals surface area contributed by atoms with Gasteiger partial charge in [-0.05, 0) is 25.5 Å². The Morgan fingerprint density at radius 2 is 2.09 bits per heavy atom. The van der Waals surface area contributed by atoms with Gasteiger partial charge in [0.15, 0.2) is 0 Å². The van der Waals surface area contributed by atoms with Crippen LogP contribution >= 0.6 is 0 Å². The summed E-state index contributed by atoms with van der Waals surface area (Å²) in [5.41, 5.74) is 2.03. The summed E-state index contributed by atoms with van der Waals surface area (Å²) in [6.07, 6.45) is 1.10. The molecule has 6 heteroatoms. The predicted molar refractivity (Wildman–Crippen MR) is 85.0 cm³/mol. The fourth-order valence-electron chi connectivity index (χ4n) is 2.43. The van der Waals surface area contributed by atoms with E-state index >= 15 is 0 Å². The normalized spacial score (nSPS) is 17.6. The number of carbonyl (C=O) groups is 2. The lowest BCUT2D eigenvalue weighted by atomic mass is 10.2. The molecular weight excluding hydrogens is 282 g/mol. The number of rotatable bonds is 6. The molecule has 1 atom stereocenters. The minimum atomic E-state index is -0.236. The summed E-state index contributed by atoms with van der Waals surface area (Å²) in [6.45, 7) is 3.69. The number of nitrogens with zero attached hydrogens (tertiary/aromatic N) is 1. The number of benzene rings is 1. The van der Waals surface area contributed by atoms with E-state index in [1.807, 2.05) is 31.2 Å². The number of hydrogen-bond donors (Lipinski definition) is 2. The van der Waals surface area contributed by atoms with Gasteiger partial charge in [-0.3, -0.25) is 4.79 Å². The van der Waals surface area contributed by atoms with Crippen LogP contribution in [0, 0.1) is 6.92 Å². The molecule has 6 nitrogen and oxygen atoms in total. The summed E-state index contributed by atoms with van der Waals surface area (Å²) >= 11 is 0. The highest BCUT2D eigenvalue weighted by Gasteiger charge is 2.31. The Labute approximate surface area is 130 Å². The minimum absolute atomic E-state index is 0.0357. The SMILES string of the molecule is COCCCNC(=O)N[C@H]1CC(=O)N(c2ccc(C)cc2)C1. The first-order chi connectivity index (χ1) is 10.6. The van der Waals surface area contributed by atoms with Crippen molar-refractivity contribution < 1.29 is 14.3 Å². The van der Waals surface area contributed by atoms with E-state index in [1.165, 1.54) is 0 Å². The van der Waals surface area contributed by atoms with Gasteiger partial charge in [-0.2, -0.15) is 0 Å². The Kier molecular flexibility index (Phi) is 5.77. The Morgan fingerprint density at radius 1 is 1.36 bits per heavy atom. The van der Waals surface area contributed by atoms with Crippen molar-refractivity contribution in [2.45, 2.75) is 25.8 Å². The highest BCUT2D eigenvalue weighted by atomic mass is 16.5. The second-order valence-corrected chi connectivity index (χ2v) is 5.49. The number of aryl methyl sites for hydroxylation is 1. The van der Waals surface area contributed by atoms with E-state index < -0.39 is 0 Å². The largest absolute Gasteiger partial charge is 0.385 e. The highest BCUT2D eigenvalue weighted by molar-refractivity contribution is 5.96. The first-order valence-corrected chi connectivity index (χ1v) is 7.50. The molecule has 1 heterocycles. The lowest BCUT2D eigenvalue weighted by Gasteiger charge is -2.17. The number of anilines is 1. The van der Waals surface area contributed by atoms with E-state index in [0.717, 1.165) is 17.7 Å². The van der Waals surface area contributed by atoms with Crippen LogP contribution in [0.2, 0.25) is 0 Å². The van der Waals surface area contributed by atoms with Crippen molar-refractivity contribution in [3.63, 3.8) is 0 Å². The van der Waals surface area contributed by atoms with Gasteiger partial charge in [-0.1, -0.05) is 17.7 Å². The number of urea groups is 1. The fourth-order valence-corrected chi connectivity index (χ4v) is 2.43. The Bertz CT molecular complexity index is 516. The maximum Gasteiger partial charge on any atom is 0.315 e. The van der Waals surface area contributed by atoms with Crippen molar-refractivity contribution in [3.05, 3.63) is 29.8 Å². The molecule has 1 aromatic rings. The standard InChI is InChI=1S/C16H23N3O3/c1-12-4-6-14(7-5-12)19-11-13(10-15(19)20)18-16(21)17-8-3-9-22-2/h4-7,13H,3,8-11H2,1-2H3,(H2,17,18,21)/t13-/m0/s1. The minimum Gasteiger partial charge on any atom is -0.385 e. The monoisotopic (exact) mass is 305 g/mol. The second-order valence-electron chi connectivity index (χ2n) is 5.49. The first kappa shape index (κ1) is 16.3. The van der Waals surface area contributed by atoms with E-state index in [2.05, 4.69) is 10.6 Å². The van der Waals surface area contributed by atoms with Gasteiger partial charge in [-0.25, -0.2) is 4.79 Å². The Balaban J connectivity index is 1.82. The Morgan fingerprint density at radius 3 is 2.77 bits per heavy atom. The van der Waals surface area contributed by atoms with Gasteiger partial charge in [0, 0.05) is 38.9 Å². The molecule has 2 rings (SSSR count). The lowest BCUT2D eigenvalue weighted by molar-refractivity contribution is -0.117. The second kappa shape index (κ2) is 7.79. The number of ether oxygens (including phenoxy) is 1. The zero-order chi connectivity index (χ0) is 15.9. The Hall–Kier alpha value is -2.08. The van der Waals surface area contributed by atoms with Crippen LogP contribution in [-0.2, 0) is 9.53 Å². The molecule has 0 radical (unpaired) electrons. The van der Waals surface area contributed by atoms with Gasteiger partial charge >= 0.3 is 6.03 Å². The molecule has 1 aliphatic rings. The van der Waals surface area contributed by atoms with Crippen molar-refractivity contribution in [2.75, 3.05) is 31.7 Å². The number of carbonyl (C=O) groups excluding carboxylic acids is 2. The molecule has 0 bridgehead atoms. The molecule has 0 aliphatic carbocycles. The fraction of sp³-hybridized carbons (Fsp3) is 0.500. The highest BCUT2D eigenvalue weighted by Crippen LogP contribution is 2.21. The molecule has 0 spiro atoms. The zero-order valence-corrected chi connectivity index (χ0v) is 13.1. The van der Waals surface area contributed by atoms with Crippen molar-refractivity contribution >= 4 is 17.6 Å². The summed E-state index contributed by atoms with van der Waals surface area (Å²) in [5.74, 6) is 0.0357. The smallest absolute Gasteiger partial charge is 0.315 e. The van der Waals surface area contributed by atoms with Crippen LogP contribution in [-0.4, -0.2) is 44.8 Å². The summed E-state index contributed by atoms with van der Waals surface area (Å²) in [7, 11) is 1.63. The van der Waals surface area contributed by atoms with Crippen LogP contribution in [0.4, 0.5) is 10.5 Å². The molecule has 1 aromatic carbocycles. The first-order valence-electron chi connectivity index (χ1n) is 7.50. The van der Waals surface area contributed by atoms with Crippen LogP contribution < -0.4 is 15.5 Å². The lowest BCUT2D eigenvalue weighted by Crippen LogP contribution is -2.43. The number of methoxy groups -OCH3 is 1. The van der Waals surface area contributed by atoms with Gasteiger partial charge in [0.05, 0.1) is 6.04 Å². The summed E-state index contributed by atoms with van der Waals surface area (Å²) in [4.78, 5) is 25.6. The third-order valence-electron chi connectivity index (χ3n) is 3.62. The molecule has 1 fully saturated rings. The number of hydrogen-bond acceptors (Lipinski definition) is 3. The molecule has 0 unspecified atom stereocenters. The van der Waals surface area contributed by atoms with Gasteiger partial charge in [-0.15, -0.1) is 0 Å². The van der Waals surface area contributed by atoms with Gasteiger partial charge in [0.1, 0.15) is 0 Å². The molecule has 1 saturated heterocycles. The summed E-state index contributed by atoms with van der Waals surface area (Å²) < 4.78 is 4.92. The predicted octanol–water partition coefficient (Wildman–Crippen LogP) is 1.44.